The third-order valence-corrected chi connectivity index (χ3v) is 2.79. The largest absolute Gasteiger partial charge is 0.542 e. The Kier molecular flexibility index (Phi) is 7.35. The second-order valence-corrected chi connectivity index (χ2v) is 4.90. The highest BCUT2D eigenvalue weighted by Crippen LogP contribution is 2.28. The maximum atomic E-state index is 12.4. The van der Waals surface area contributed by atoms with E-state index in [0.29, 0.717) is 18.0 Å². The first-order valence-corrected chi connectivity index (χ1v) is 7.06. The van der Waals surface area contributed by atoms with Crippen LogP contribution in [0.4, 0.5) is 26.3 Å². The van der Waals surface area contributed by atoms with Crippen LogP contribution in [-0.4, -0.2) is 38.3 Å². The predicted octanol–water partition coefficient (Wildman–Crippen LogP) is 0.618. The highest BCUT2D eigenvalue weighted by atomic mass is 19.4. The van der Waals surface area contributed by atoms with Gasteiger partial charge in [0.05, 0.1) is 5.56 Å². The molecular weight excluding hydrogens is 402 g/mol. The Labute approximate surface area is 152 Å². The van der Waals surface area contributed by atoms with Crippen LogP contribution in [0, 0.1) is 0 Å². The van der Waals surface area contributed by atoms with Crippen LogP contribution >= 0.6 is 0 Å². The molecule has 0 amide bonds. The number of halogens is 6. The summed E-state index contributed by atoms with van der Waals surface area (Å²) < 4.78 is 70.1. The second-order valence-electron chi connectivity index (χ2n) is 4.90. The summed E-state index contributed by atoms with van der Waals surface area (Å²) >= 11 is 0. The summed E-state index contributed by atoms with van der Waals surface area (Å²) in [6.45, 7) is 0.198. The summed E-state index contributed by atoms with van der Waals surface area (Å²) in [5.41, 5.74) is -0.484. The van der Waals surface area contributed by atoms with E-state index in [1.807, 2.05) is 0 Å². The average Bonchev–Trinajstić information content (AvgIpc) is 2.59. The topological polar surface area (TPSA) is 120 Å². The van der Waals surface area contributed by atoms with Crippen molar-refractivity contribution in [1.82, 2.24) is 15.1 Å². The van der Waals surface area contributed by atoms with E-state index in [1.54, 1.807) is 6.07 Å². The summed E-state index contributed by atoms with van der Waals surface area (Å²) in [5, 5.41) is 21.3. The summed E-state index contributed by atoms with van der Waals surface area (Å²) in [4.78, 5) is 26.5. The fraction of sp³-hybridized carbons (Fsp3) is 0.286. The van der Waals surface area contributed by atoms with Crippen LogP contribution in [0.3, 0.4) is 0 Å². The maximum absolute atomic E-state index is 12.4. The SMILES string of the molecule is O=C(O)CC[n+]1ccc(-c2ncc(C(F)(F)F)cn2)cn1.O=C([O-])C(F)(F)F. The van der Waals surface area contributed by atoms with Gasteiger partial charge in [0.1, 0.15) is 18.6 Å². The molecule has 0 aromatic carbocycles. The average molecular weight is 412 g/mol. The first kappa shape index (κ1) is 22.7. The van der Waals surface area contributed by atoms with Crippen molar-refractivity contribution in [3.8, 4) is 11.4 Å². The van der Waals surface area contributed by atoms with Gasteiger partial charge < -0.3 is 15.0 Å². The number of carboxylic acids is 2. The summed E-state index contributed by atoms with van der Waals surface area (Å²) in [7, 11) is 0. The molecule has 0 unspecified atom stereocenters. The molecule has 0 fully saturated rings. The molecule has 2 rings (SSSR count). The zero-order chi connectivity index (χ0) is 21.5. The quantitative estimate of drug-likeness (QED) is 0.577. The van der Waals surface area contributed by atoms with Crippen molar-refractivity contribution in [3.63, 3.8) is 0 Å². The molecule has 2 aromatic heterocycles. The molecular formula is C14H10F6N4O4. The molecule has 0 bridgehead atoms. The minimum Gasteiger partial charge on any atom is -0.542 e. The number of aromatic nitrogens is 4. The summed E-state index contributed by atoms with van der Waals surface area (Å²) in [6.07, 6.45) is -5.47. The van der Waals surface area contributed by atoms with Gasteiger partial charge in [0.15, 0.2) is 18.6 Å². The molecule has 152 valence electrons. The van der Waals surface area contributed by atoms with E-state index in [4.69, 9.17) is 15.0 Å². The van der Waals surface area contributed by atoms with Crippen LogP contribution in [-0.2, 0) is 22.3 Å². The smallest absolute Gasteiger partial charge is 0.430 e. The van der Waals surface area contributed by atoms with Gasteiger partial charge in [0.25, 0.3) is 0 Å². The molecule has 8 nitrogen and oxygen atoms in total. The van der Waals surface area contributed by atoms with Crippen molar-refractivity contribution < 1.29 is 50.8 Å². The van der Waals surface area contributed by atoms with Crippen LogP contribution in [0.2, 0.25) is 0 Å². The fourth-order valence-electron chi connectivity index (χ4n) is 1.48. The number of alkyl halides is 6. The molecule has 0 atom stereocenters. The highest BCUT2D eigenvalue weighted by Gasteiger charge is 2.31. The molecule has 0 aliphatic heterocycles. The number of aryl methyl sites for hydroxylation is 1. The Hall–Kier alpha value is -3.32. The van der Waals surface area contributed by atoms with E-state index in [9.17, 15) is 31.1 Å². The molecule has 14 heteroatoms. The van der Waals surface area contributed by atoms with Crippen LogP contribution in [0.1, 0.15) is 12.0 Å². The number of carboxylic acid groups (broad SMARTS) is 2. The van der Waals surface area contributed by atoms with Gasteiger partial charge in [0.2, 0.25) is 0 Å². The van der Waals surface area contributed by atoms with Gasteiger partial charge in [-0.15, -0.1) is 0 Å². The first-order chi connectivity index (χ1) is 12.8. The van der Waals surface area contributed by atoms with Gasteiger partial charge in [0, 0.05) is 24.0 Å². The third kappa shape index (κ3) is 7.51. The normalized spacial score (nSPS) is 11.4. The Bertz CT molecular complexity index is 807. The number of rotatable bonds is 4. The summed E-state index contributed by atoms with van der Waals surface area (Å²) in [5.74, 6) is -3.84. The van der Waals surface area contributed by atoms with Crippen molar-refractivity contribution in [3.05, 3.63) is 36.4 Å². The molecule has 0 aliphatic carbocycles. The minimum absolute atomic E-state index is 0.0756. The van der Waals surface area contributed by atoms with E-state index >= 15 is 0 Å². The molecule has 0 spiro atoms. The Morgan fingerprint density at radius 1 is 1.07 bits per heavy atom. The van der Waals surface area contributed by atoms with Gasteiger partial charge in [-0.05, 0) is 5.10 Å². The standard InChI is InChI=1S/C12H9F3N4O2.C2HF3O2/c13-12(14,15)9-6-16-11(17-7-9)8-1-3-19(18-5-8)4-2-10(20)21;3-2(4,5)1(6)7/h1,3,5-7H,2,4H2;(H,6,7). The molecule has 0 radical (unpaired) electrons. The van der Waals surface area contributed by atoms with E-state index in [-0.39, 0.29) is 18.8 Å². The molecule has 2 aromatic rings. The number of hydrogen-bond acceptors (Lipinski definition) is 6. The number of hydrogen-bond donors (Lipinski definition) is 1. The summed E-state index contributed by atoms with van der Waals surface area (Å²) in [6, 6.07) is 1.55. The van der Waals surface area contributed by atoms with Crippen molar-refractivity contribution in [2.45, 2.75) is 25.3 Å². The zero-order valence-electron chi connectivity index (χ0n) is 13.5. The van der Waals surface area contributed by atoms with Crippen LogP contribution < -0.4 is 9.79 Å². The Balaban J connectivity index is 0.000000480. The lowest BCUT2D eigenvalue weighted by atomic mass is 10.2. The number of carbonyl (C=O) groups excluding carboxylic acids is 1. The zero-order valence-corrected chi connectivity index (χ0v) is 13.5. The van der Waals surface area contributed by atoms with E-state index in [0.717, 1.165) is 0 Å². The molecule has 2 heterocycles. The third-order valence-electron chi connectivity index (χ3n) is 2.79. The molecule has 0 aliphatic rings. The second kappa shape index (κ2) is 9.05. The van der Waals surface area contributed by atoms with E-state index in [1.165, 1.54) is 17.1 Å². The fourth-order valence-corrected chi connectivity index (χ4v) is 1.48. The van der Waals surface area contributed by atoms with Gasteiger partial charge in [-0.2, -0.15) is 26.3 Å². The van der Waals surface area contributed by atoms with Gasteiger partial charge in [-0.1, -0.05) is 4.68 Å². The minimum atomic E-state index is -5.19. The monoisotopic (exact) mass is 412 g/mol. The molecule has 0 saturated carbocycles. The van der Waals surface area contributed by atoms with Crippen molar-refractivity contribution in [2.75, 3.05) is 0 Å². The molecule has 28 heavy (non-hydrogen) atoms. The van der Waals surface area contributed by atoms with Crippen LogP contribution in [0.5, 0.6) is 0 Å². The highest BCUT2D eigenvalue weighted by molar-refractivity contribution is 5.70. The van der Waals surface area contributed by atoms with Gasteiger partial charge in [-0.3, -0.25) is 4.79 Å². The predicted molar refractivity (Wildman–Crippen MR) is 73.8 cm³/mol. The number of carbonyl (C=O) groups is 2. The number of aliphatic carboxylic acids is 2. The van der Waals surface area contributed by atoms with Crippen LogP contribution in [0.15, 0.2) is 30.9 Å². The Morgan fingerprint density at radius 2 is 1.61 bits per heavy atom. The van der Waals surface area contributed by atoms with E-state index < -0.39 is 29.9 Å². The van der Waals surface area contributed by atoms with Crippen LogP contribution in [0.25, 0.3) is 11.4 Å². The lowest BCUT2D eigenvalue weighted by Gasteiger charge is -2.05. The molecule has 1 N–H and O–H groups in total. The van der Waals surface area contributed by atoms with E-state index in [2.05, 4.69) is 15.1 Å². The molecule has 0 saturated heterocycles. The lowest BCUT2D eigenvalue weighted by molar-refractivity contribution is -0.752. The number of nitrogens with zero attached hydrogens (tertiary/aromatic N) is 4. The van der Waals surface area contributed by atoms with Crippen molar-refractivity contribution >= 4 is 11.9 Å². The lowest BCUT2D eigenvalue weighted by Crippen LogP contribution is -2.38. The first-order valence-electron chi connectivity index (χ1n) is 7.06. The van der Waals surface area contributed by atoms with Gasteiger partial charge >= 0.3 is 18.3 Å². The maximum Gasteiger partial charge on any atom is 0.430 e. The Morgan fingerprint density at radius 3 is 1.96 bits per heavy atom. The van der Waals surface area contributed by atoms with Gasteiger partial charge in [-0.25, -0.2) is 9.97 Å². The van der Waals surface area contributed by atoms with Crippen molar-refractivity contribution in [2.24, 2.45) is 0 Å². The van der Waals surface area contributed by atoms with Crippen molar-refractivity contribution in [1.29, 1.82) is 0 Å².